The van der Waals surface area contributed by atoms with Crippen LogP contribution in [0.1, 0.15) is 36.2 Å². The molecular weight excluding hydrogens is 295 g/mol. The lowest BCUT2D eigenvalue weighted by Gasteiger charge is -2.20. The maximum absolute atomic E-state index is 13.6. The van der Waals surface area contributed by atoms with Gasteiger partial charge in [0.15, 0.2) is 0 Å². The van der Waals surface area contributed by atoms with Crippen molar-refractivity contribution in [2.24, 2.45) is 0 Å². The molecule has 1 aromatic carbocycles. The van der Waals surface area contributed by atoms with E-state index >= 15 is 0 Å². The molecule has 0 atom stereocenters. The summed E-state index contributed by atoms with van der Waals surface area (Å²) < 4.78 is 13.6. The number of nitrogens with one attached hydrogen (secondary N) is 1. The summed E-state index contributed by atoms with van der Waals surface area (Å²) in [5.74, 6) is -0.343. The fourth-order valence-electron chi connectivity index (χ4n) is 2.65. The third-order valence-corrected chi connectivity index (χ3v) is 3.89. The van der Waals surface area contributed by atoms with Gasteiger partial charge >= 0.3 is 0 Å². The normalized spacial score (nSPS) is 15.1. The van der Waals surface area contributed by atoms with Gasteiger partial charge in [0, 0.05) is 19.3 Å². The summed E-state index contributed by atoms with van der Waals surface area (Å²) >= 11 is 0. The van der Waals surface area contributed by atoms with Gasteiger partial charge in [-0.05, 0) is 31.0 Å². The van der Waals surface area contributed by atoms with Crippen molar-refractivity contribution in [3.8, 4) is 0 Å². The highest BCUT2D eigenvalue weighted by atomic mass is 19.1. The molecule has 0 spiro atoms. The molecule has 0 unspecified atom stereocenters. The molecule has 1 N–H and O–H groups in total. The van der Waals surface area contributed by atoms with Crippen LogP contribution in [0.25, 0.3) is 0 Å². The Morgan fingerprint density at radius 3 is 2.57 bits per heavy atom. The van der Waals surface area contributed by atoms with Gasteiger partial charge in [-0.25, -0.2) is 14.4 Å². The fraction of sp³-hybridized carbons (Fsp3) is 0.353. The van der Waals surface area contributed by atoms with Crippen LogP contribution in [0.5, 0.6) is 0 Å². The first-order valence-electron chi connectivity index (χ1n) is 7.88. The van der Waals surface area contributed by atoms with Crippen molar-refractivity contribution in [1.82, 2.24) is 9.97 Å². The van der Waals surface area contributed by atoms with Gasteiger partial charge in [0.25, 0.3) is 5.91 Å². The Kier molecular flexibility index (Phi) is 4.80. The zero-order valence-corrected chi connectivity index (χ0v) is 12.8. The van der Waals surface area contributed by atoms with Crippen molar-refractivity contribution in [3.63, 3.8) is 0 Å². The molecule has 6 heteroatoms. The standard InChI is InChI=1S/C17H19FN4O/c18-13-7-3-4-8-14(13)20-16(23)15-9-10-19-17(21-15)22-11-5-1-2-6-12-22/h3-4,7-10H,1-2,5-6,11-12H2,(H,20,23). The second-order valence-electron chi connectivity index (χ2n) is 5.58. The average molecular weight is 314 g/mol. The molecule has 0 bridgehead atoms. The minimum absolute atomic E-state index is 0.146. The molecule has 5 nitrogen and oxygen atoms in total. The van der Waals surface area contributed by atoms with Gasteiger partial charge in [0.2, 0.25) is 5.95 Å². The smallest absolute Gasteiger partial charge is 0.274 e. The van der Waals surface area contributed by atoms with Crippen LogP contribution in [0.4, 0.5) is 16.0 Å². The van der Waals surface area contributed by atoms with Gasteiger partial charge in [-0.3, -0.25) is 4.79 Å². The molecule has 1 aliphatic rings. The van der Waals surface area contributed by atoms with Gasteiger partial charge in [-0.15, -0.1) is 0 Å². The Balaban J connectivity index is 1.76. The topological polar surface area (TPSA) is 58.1 Å². The number of hydrogen-bond acceptors (Lipinski definition) is 4. The predicted molar refractivity (Wildman–Crippen MR) is 87.1 cm³/mol. The number of para-hydroxylation sites is 1. The zero-order chi connectivity index (χ0) is 16.1. The molecule has 1 saturated heterocycles. The Morgan fingerprint density at radius 2 is 1.83 bits per heavy atom. The number of benzene rings is 1. The van der Waals surface area contributed by atoms with Gasteiger partial charge in [0.1, 0.15) is 11.5 Å². The summed E-state index contributed by atoms with van der Waals surface area (Å²) in [7, 11) is 0. The molecule has 0 radical (unpaired) electrons. The molecule has 1 amide bonds. The van der Waals surface area contributed by atoms with Crippen LogP contribution in [0.3, 0.4) is 0 Å². The largest absolute Gasteiger partial charge is 0.341 e. The molecule has 1 fully saturated rings. The van der Waals surface area contributed by atoms with Gasteiger partial charge in [-0.2, -0.15) is 0 Å². The van der Waals surface area contributed by atoms with Crippen molar-refractivity contribution in [3.05, 3.63) is 48.0 Å². The highest BCUT2D eigenvalue weighted by Crippen LogP contribution is 2.17. The molecule has 0 saturated carbocycles. The third-order valence-electron chi connectivity index (χ3n) is 3.89. The SMILES string of the molecule is O=C(Nc1ccccc1F)c1ccnc(N2CCCCCC2)n1. The summed E-state index contributed by atoms with van der Waals surface area (Å²) in [6.45, 7) is 1.80. The molecule has 2 heterocycles. The van der Waals surface area contributed by atoms with Crippen LogP contribution in [0.2, 0.25) is 0 Å². The number of anilines is 2. The zero-order valence-electron chi connectivity index (χ0n) is 12.8. The quantitative estimate of drug-likeness (QED) is 0.945. The second-order valence-corrected chi connectivity index (χ2v) is 5.58. The number of hydrogen-bond donors (Lipinski definition) is 1. The molecule has 23 heavy (non-hydrogen) atoms. The number of aromatic nitrogens is 2. The Morgan fingerprint density at radius 1 is 1.09 bits per heavy atom. The van der Waals surface area contributed by atoms with E-state index in [1.807, 2.05) is 0 Å². The summed E-state index contributed by atoms with van der Waals surface area (Å²) in [6.07, 6.45) is 6.21. The summed E-state index contributed by atoms with van der Waals surface area (Å²) in [5.41, 5.74) is 0.384. The van der Waals surface area contributed by atoms with E-state index in [1.54, 1.807) is 18.3 Å². The van der Waals surface area contributed by atoms with E-state index in [0.29, 0.717) is 5.95 Å². The second kappa shape index (κ2) is 7.17. The molecule has 0 aliphatic carbocycles. The molecular formula is C17H19FN4O. The number of nitrogens with zero attached hydrogens (tertiary/aromatic N) is 3. The molecule has 1 aliphatic heterocycles. The number of amides is 1. The monoisotopic (exact) mass is 314 g/mol. The van der Waals surface area contributed by atoms with Gasteiger partial charge in [0.05, 0.1) is 5.69 Å². The Hall–Kier alpha value is -2.50. The summed E-state index contributed by atoms with van der Waals surface area (Å²) in [4.78, 5) is 23.0. The molecule has 2 aromatic rings. The van der Waals surface area contributed by atoms with Crippen molar-refractivity contribution in [1.29, 1.82) is 0 Å². The van der Waals surface area contributed by atoms with Crippen molar-refractivity contribution in [2.45, 2.75) is 25.7 Å². The minimum atomic E-state index is -0.470. The van der Waals surface area contributed by atoms with E-state index in [9.17, 15) is 9.18 Å². The maximum atomic E-state index is 13.6. The van der Waals surface area contributed by atoms with Crippen molar-refractivity contribution >= 4 is 17.5 Å². The van der Waals surface area contributed by atoms with Crippen LogP contribution >= 0.6 is 0 Å². The lowest BCUT2D eigenvalue weighted by molar-refractivity contribution is 0.102. The first kappa shape index (κ1) is 15.4. The number of halogens is 1. The lowest BCUT2D eigenvalue weighted by Crippen LogP contribution is -2.27. The van der Waals surface area contributed by atoms with E-state index in [1.165, 1.54) is 31.0 Å². The van der Waals surface area contributed by atoms with Crippen molar-refractivity contribution < 1.29 is 9.18 Å². The van der Waals surface area contributed by atoms with Crippen LogP contribution in [0, 0.1) is 5.82 Å². The van der Waals surface area contributed by atoms with E-state index < -0.39 is 11.7 Å². The van der Waals surface area contributed by atoms with E-state index in [2.05, 4.69) is 20.2 Å². The van der Waals surface area contributed by atoms with Crippen LogP contribution < -0.4 is 10.2 Å². The van der Waals surface area contributed by atoms with E-state index in [0.717, 1.165) is 25.9 Å². The Labute approximate surface area is 134 Å². The molecule has 120 valence electrons. The lowest BCUT2D eigenvalue weighted by atomic mass is 10.2. The number of carbonyl (C=O) groups excluding carboxylic acids is 1. The van der Waals surface area contributed by atoms with Gasteiger partial charge in [-0.1, -0.05) is 25.0 Å². The minimum Gasteiger partial charge on any atom is -0.341 e. The van der Waals surface area contributed by atoms with E-state index in [4.69, 9.17) is 0 Å². The highest BCUT2D eigenvalue weighted by molar-refractivity contribution is 6.03. The first-order chi connectivity index (χ1) is 11.2. The van der Waals surface area contributed by atoms with Crippen LogP contribution in [0.15, 0.2) is 36.5 Å². The number of rotatable bonds is 3. The highest BCUT2D eigenvalue weighted by Gasteiger charge is 2.16. The molecule has 3 rings (SSSR count). The number of carbonyl (C=O) groups is 1. The van der Waals surface area contributed by atoms with Crippen LogP contribution in [-0.4, -0.2) is 29.0 Å². The molecule has 1 aromatic heterocycles. The van der Waals surface area contributed by atoms with Crippen molar-refractivity contribution in [2.75, 3.05) is 23.3 Å². The van der Waals surface area contributed by atoms with E-state index in [-0.39, 0.29) is 11.4 Å². The van der Waals surface area contributed by atoms with Crippen LogP contribution in [-0.2, 0) is 0 Å². The third kappa shape index (κ3) is 3.83. The predicted octanol–water partition coefficient (Wildman–Crippen LogP) is 3.25. The van der Waals surface area contributed by atoms with Gasteiger partial charge < -0.3 is 10.2 Å². The first-order valence-corrected chi connectivity index (χ1v) is 7.88. The summed E-state index contributed by atoms with van der Waals surface area (Å²) in [5, 5.41) is 2.55. The fourth-order valence-corrected chi connectivity index (χ4v) is 2.65. The maximum Gasteiger partial charge on any atom is 0.274 e. The average Bonchev–Trinajstić information content (AvgIpc) is 2.86. The Bertz CT molecular complexity index is 684. The summed E-state index contributed by atoms with van der Waals surface area (Å²) in [6, 6.07) is 7.61.